The Hall–Kier alpha value is -1.16. The molecule has 0 spiro atoms. The fourth-order valence-corrected chi connectivity index (χ4v) is 1.78. The lowest BCUT2D eigenvalue weighted by molar-refractivity contribution is 0.201. The van der Waals surface area contributed by atoms with Gasteiger partial charge in [-0.3, -0.25) is 4.90 Å². The molecule has 0 aromatic heterocycles. The van der Waals surface area contributed by atoms with Crippen LogP contribution in [0.3, 0.4) is 0 Å². The number of nitrogens with two attached hydrogens (primary N) is 1. The highest BCUT2D eigenvalue weighted by Gasteiger charge is 2.10. The lowest BCUT2D eigenvalue weighted by Crippen LogP contribution is -2.34. The first-order chi connectivity index (χ1) is 8.17. The summed E-state index contributed by atoms with van der Waals surface area (Å²) in [5.41, 5.74) is 8.51. The third kappa shape index (κ3) is 4.69. The summed E-state index contributed by atoms with van der Waals surface area (Å²) in [6.07, 6.45) is 1.83. The molecule has 1 aromatic rings. The molecule has 17 heavy (non-hydrogen) atoms. The van der Waals surface area contributed by atoms with Gasteiger partial charge in [0.2, 0.25) is 0 Å². The molecule has 0 amide bonds. The minimum atomic E-state index is -0.0258. The molecular formula is C14H22N2O. The molecule has 1 rings (SSSR count). The molecule has 3 heteroatoms. The van der Waals surface area contributed by atoms with Crippen molar-refractivity contribution in [1.82, 2.24) is 4.90 Å². The number of aliphatic hydroxyl groups excluding tert-OH is 1. The number of rotatable bonds is 7. The van der Waals surface area contributed by atoms with E-state index in [0.29, 0.717) is 6.54 Å². The van der Waals surface area contributed by atoms with E-state index in [1.807, 2.05) is 6.08 Å². The van der Waals surface area contributed by atoms with Crippen molar-refractivity contribution in [2.75, 3.05) is 26.2 Å². The van der Waals surface area contributed by atoms with Gasteiger partial charge in [-0.1, -0.05) is 35.9 Å². The van der Waals surface area contributed by atoms with E-state index < -0.39 is 0 Å². The molecule has 0 aliphatic rings. The number of benzene rings is 1. The second kappa shape index (κ2) is 7.22. The van der Waals surface area contributed by atoms with E-state index in [9.17, 15) is 0 Å². The monoisotopic (exact) mass is 234 g/mol. The van der Waals surface area contributed by atoms with E-state index >= 15 is 0 Å². The quantitative estimate of drug-likeness (QED) is 0.703. The Morgan fingerprint density at radius 1 is 1.41 bits per heavy atom. The zero-order valence-corrected chi connectivity index (χ0v) is 10.5. The van der Waals surface area contributed by atoms with Crippen LogP contribution < -0.4 is 5.73 Å². The Morgan fingerprint density at radius 2 is 2.06 bits per heavy atom. The molecule has 94 valence electrons. The fourth-order valence-electron chi connectivity index (χ4n) is 1.78. The molecule has 0 bridgehead atoms. The highest BCUT2D eigenvalue weighted by atomic mass is 16.3. The highest BCUT2D eigenvalue weighted by molar-refractivity contribution is 5.24. The number of nitrogens with zero attached hydrogens (tertiary/aromatic N) is 1. The maximum atomic E-state index is 8.97. The Morgan fingerprint density at radius 3 is 2.59 bits per heavy atom. The van der Waals surface area contributed by atoms with Crippen LogP contribution in [0.5, 0.6) is 0 Å². The van der Waals surface area contributed by atoms with Crippen LogP contribution in [0.25, 0.3) is 0 Å². The van der Waals surface area contributed by atoms with E-state index in [1.54, 1.807) is 0 Å². The van der Waals surface area contributed by atoms with Gasteiger partial charge in [0.1, 0.15) is 0 Å². The van der Waals surface area contributed by atoms with Gasteiger partial charge in [0.25, 0.3) is 0 Å². The van der Waals surface area contributed by atoms with Crippen molar-refractivity contribution in [3.63, 3.8) is 0 Å². The van der Waals surface area contributed by atoms with Gasteiger partial charge in [-0.2, -0.15) is 0 Å². The molecule has 0 saturated carbocycles. The summed E-state index contributed by atoms with van der Waals surface area (Å²) in [7, 11) is 0. The fraction of sp³-hybridized carbons (Fsp3) is 0.429. The maximum absolute atomic E-state index is 8.97. The van der Waals surface area contributed by atoms with E-state index in [4.69, 9.17) is 10.8 Å². The van der Waals surface area contributed by atoms with Gasteiger partial charge in [0, 0.05) is 25.7 Å². The molecule has 0 radical (unpaired) electrons. The average Bonchev–Trinajstić information content (AvgIpc) is 2.30. The minimum absolute atomic E-state index is 0.0258. The van der Waals surface area contributed by atoms with Crippen molar-refractivity contribution in [3.05, 3.63) is 48.0 Å². The Bertz CT molecular complexity index is 335. The summed E-state index contributed by atoms with van der Waals surface area (Å²) in [5, 5.41) is 8.97. The molecular weight excluding hydrogens is 212 g/mol. The van der Waals surface area contributed by atoms with Gasteiger partial charge in [-0.05, 0) is 12.5 Å². The third-order valence-corrected chi connectivity index (χ3v) is 2.76. The molecule has 0 aliphatic heterocycles. The number of hydrogen-bond acceptors (Lipinski definition) is 3. The van der Waals surface area contributed by atoms with Gasteiger partial charge in [0.05, 0.1) is 6.61 Å². The smallest absolute Gasteiger partial charge is 0.0558 e. The molecule has 3 N–H and O–H groups in total. The summed E-state index contributed by atoms with van der Waals surface area (Å²) in [4.78, 5) is 2.09. The second-order valence-corrected chi connectivity index (χ2v) is 4.29. The van der Waals surface area contributed by atoms with Crippen molar-refractivity contribution in [3.8, 4) is 0 Å². The first kappa shape index (κ1) is 13.9. The number of aryl methyl sites for hydroxylation is 1. The lowest BCUT2D eigenvalue weighted by Gasteiger charge is -2.23. The van der Waals surface area contributed by atoms with Gasteiger partial charge in [-0.25, -0.2) is 0 Å². The Kier molecular flexibility index (Phi) is 5.91. The van der Waals surface area contributed by atoms with Crippen LogP contribution in [0.1, 0.15) is 17.2 Å². The van der Waals surface area contributed by atoms with Crippen molar-refractivity contribution in [2.45, 2.75) is 13.0 Å². The molecule has 1 atom stereocenters. The van der Waals surface area contributed by atoms with E-state index in [1.165, 1.54) is 5.56 Å². The predicted molar refractivity (Wildman–Crippen MR) is 71.8 cm³/mol. The van der Waals surface area contributed by atoms with Crippen LogP contribution in [0, 0.1) is 6.92 Å². The maximum Gasteiger partial charge on any atom is 0.0558 e. The van der Waals surface area contributed by atoms with E-state index in [2.05, 4.69) is 42.7 Å². The van der Waals surface area contributed by atoms with E-state index in [-0.39, 0.29) is 12.6 Å². The van der Waals surface area contributed by atoms with Gasteiger partial charge < -0.3 is 10.8 Å². The van der Waals surface area contributed by atoms with Crippen LogP contribution in [0.4, 0.5) is 0 Å². The van der Waals surface area contributed by atoms with Crippen molar-refractivity contribution in [1.29, 1.82) is 0 Å². The SMILES string of the molecule is C=CCN(CCO)CC(N)c1ccc(C)cc1. The standard InChI is InChI=1S/C14H22N2O/c1-3-8-16(9-10-17)11-14(15)13-6-4-12(2)5-7-13/h3-7,14,17H,1,8-11,15H2,2H3. The molecule has 0 heterocycles. The summed E-state index contributed by atoms with van der Waals surface area (Å²) in [6, 6.07) is 8.23. The van der Waals surface area contributed by atoms with Crippen molar-refractivity contribution >= 4 is 0 Å². The summed E-state index contributed by atoms with van der Waals surface area (Å²) in [6.45, 7) is 8.03. The second-order valence-electron chi connectivity index (χ2n) is 4.29. The molecule has 0 fully saturated rings. The van der Waals surface area contributed by atoms with Crippen LogP contribution in [0.15, 0.2) is 36.9 Å². The molecule has 0 aliphatic carbocycles. The zero-order valence-electron chi connectivity index (χ0n) is 10.5. The topological polar surface area (TPSA) is 49.5 Å². The van der Waals surface area contributed by atoms with Gasteiger partial charge in [-0.15, -0.1) is 6.58 Å². The number of hydrogen-bond donors (Lipinski definition) is 2. The van der Waals surface area contributed by atoms with Crippen LogP contribution in [0.2, 0.25) is 0 Å². The van der Waals surface area contributed by atoms with Crippen molar-refractivity contribution < 1.29 is 5.11 Å². The molecule has 1 unspecified atom stereocenters. The predicted octanol–water partition coefficient (Wildman–Crippen LogP) is 1.48. The van der Waals surface area contributed by atoms with Gasteiger partial charge >= 0.3 is 0 Å². The van der Waals surface area contributed by atoms with Crippen LogP contribution >= 0.6 is 0 Å². The summed E-state index contributed by atoms with van der Waals surface area (Å²) >= 11 is 0. The summed E-state index contributed by atoms with van der Waals surface area (Å²) in [5.74, 6) is 0. The largest absolute Gasteiger partial charge is 0.395 e. The molecule has 3 nitrogen and oxygen atoms in total. The minimum Gasteiger partial charge on any atom is -0.395 e. The van der Waals surface area contributed by atoms with Gasteiger partial charge in [0.15, 0.2) is 0 Å². The zero-order chi connectivity index (χ0) is 12.7. The average molecular weight is 234 g/mol. The third-order valence-electron chi connectivity index (χ3n) is 2.76. The number of aliphatic hydroxyl groups is 1. The Balaban J connectivity index is 2.59. The first-order valence-corrected chi connectivity index (χ1v) is 5.93. The van der Waals surface area contributed by atoms with Crippen LogP contribution in [-0.4, -0.2) is 36.2 Å². The lowest BCUT2D eigenvalue weighted by atomic mass is 10.1. The normalized spacial score (nSPS) is 12.7. The molecule has 1 aromatic carbocycles. The van der Waals surface area contributed by atoms with Crippen LogP contribution in [-0.2, 0) is 0 Å². The first-order valence-electron chi connectivity index (χ1n) is 5.93. The van der Waals surface area contributed by atoms with E-state index in [0.717, 1.165) is 18.7 Å². The summed E-state index contributed by atoms with van der Waals surface area (Å²) < 4.78 is 0. The molecule has 0 saturated heterocycles. The van der Waals surface area contributed by atoms with Crippen molar-refractivity contribution in [2.24, 2.45) is 5.73 Å². The highest BCUT2D eigenvalue weighted by Crippen LogP contribution is 2.12. The Labute approximate surface area is 104 Å².